The van der Waals surface area contributed by atoms with E-state index in [1.807, 2.05) is 0 Å². The van der Waals surface area contributed by atoms with Crippen molar-refractivity contribution in [1.82, 2.24) is 5.01 Å². The zero-order chi connectivity index (χ0) is 17.6. The first-order valence-corrected chi connectivity index (χ1v) is 6.89. The van der Waals surface area contributed by atoms with Gasteiger partial charge in [-0.25, -0.2) is 9.59 Å². The van der Waals surface area contributed by atoms with Crippen molar-refractivity contribution in [1.29, 1.82) is 0 Å². The molecule has 0 aliphatic carbocycles. The Labute approximate surface area is 133 Å². The maximum atomic E-state index is 12.1. The van der Waals surface area contributed by atoms with Gasteiger partial charge in [-0.3, -0.25) is 0 Å². The molecule has 0 aliphatic rings. The van der Waals surface area contributed by atoms with Crippen molar-refractivity contribution in [3.63, 3.8) is 0 Å². The van der Waals surface area contributed by atoms with Crippen LogP contribution in [0.25, 0.3) is 0 Å². The minimum atomic E-state index is -1.27. The molecule has 0 unspecified atom stereocenters. The SMILES string of the molecule is COC(=O)[C@H](Cc1ccc(O)cc1)N(N=O)C(=O)OC(C)(C)C. The van der Waals surface area contributed by atoms with Crippen molar-refractivity contribution in [3.05, 3.63) is 34.7 Å². The highest BCUT2D eigenvalue weighted by molar-refractivity contribution is 5.81. The van der Waals surface area contributed by atoms with E-state index < -0.39 is 23.7 Å². The Morgan fingerprint density at radius 3 is 2.26 bits per heavy atom. The van der Waals surface area contributed by atoms with E-state index in [0.717, 1.165) is 7.11 Å². The predicted molar refractivity (Wildman–Crippen MR) is 81.5 cm³/mol. The standard InChI is InChI=1S/C15H20N2O6/c1-15(2,3)23-14(20)17(16-21)12(13(19)22-4)9-10-5-7-11(18)8-6-10/h5-8,12,18H,9H2,1-4H3/t12-/m0/s1. The lowest BCUT2D eigenvalue weighted by Crippen LogP contribution is -2.45. The second-order valence-electron chi connectivity index (χ2n) is 5.82. The summed E-state index contributed by atoms with van der Waals surface area (Å²) in [5.74, 6) is -0.746. The number of esters is 1. The van der Waals surface area contributed by atoms with Crippen LogP contribution in [0.2, 0.25) is 0 Å². The number of methoxy groups -OCH3 is 1. The number of nitrogens with zero attached hydrogens (tertiary/aromatic N) is 2. The Morgan fingerprint density at radius 2 is 1.83 bits per heavy atom. The van der Waals surface area contributed by atoms with Crippen molar-refractivity contribution in [2.24, 2.45) is 5.29 Å². The molecule has 1 N–H and O–H groups in total. The van der Waals surface area contributed by atoms with Gasteiger partial charge in [-0.1, -0.05) is 12.1 Å². The number of hydrogen-bond donors (Lipinski definition) is 1. The van der Waals surface area contributed by atoms with E-state index >= 15 is 0 Å². The van der Waals surface area contributed by atoms with Crippen molar-refractivity contribution in [2.45, 2.75) is 38.8 Å². The fraction of sp³-hybridized carbons (Fsp3) is 0.467. The summed E-state index contributed by atoms with van der Waals surface area (Å²) in [6.45, 7) is 4.88. The highest BCUT2D eigenvalue weighted by atomic mass is 16.6. The topological polar surface area (TPSA) is 106 Å². The molecule has 1 rings (SSSR count). The molecule has 0 radical (unpaired) electrons. The lowest BCUT2D eigenvalue weighted by Gasteiger charge is -2.26. The summed E-state index contributed by atoms with van der Waals surface area (Å²) >= 11 is 0. The smallest absolute Gasteiger partial charge is 0.434 e. The molecule has 126 valence electrons. The molecular weight excluding hydrogens is 304 g/mol. The fourth-order valence-electron chi connectivity index (χ4n) is 1.79. The summed E-state index contributed by atoms with van der Waals surface area (Å²) < 4.78 is 9.70. The molecule has 8 nitrogen and oxygen atoms in total. The fourth-order valence-corrected chi connectivity index (χ4v) is 1.79. The quantitative estimate of drug-likeness (QED) is 0.506. The van der Waals surface area contributed by atoms with Gasteiger partial charge in [0.2, 0.25) is 0 Å². The van der Waals surface area contributed by atoms with E-state index in [1.165, 1.54) is 12.1 Å². The number of aromatic hydroxyl groups is 1. The zero-order valence-electron chi connectivity index (χ0n) is 13.5. The van der Waals surface area contributed by atoms with Gasteiger partial charge in [-0.2, -0.15) is 0 Å². The number of ether oxygens (including phenoxy) is 2. The van der Waals surface area contributed by atoms with Crippen molar-refractivity contribution < 1.29 is 24.2 Å². The lowest BCUT2D eigenvalue weighted by molar-refractivity contribution is -0.146. The van der Waals surface area contributed by atoms with Crippen LogP contribution in [-0.2, 0) is 20.7 Å². The number of rotatable bonds is 5. The first-order valence-electron chi connectivity index (χ1n) is 6.89. The number of nitroso groups, excluding NO2 is 1. The van der Waals surface area contributed by atoms with E-state index in [4.69, 9.17) is 4.74 Å². The molecule has 1 atom stereocenters. The third kappa shape index (κ3) is 5.57. The van der Waals surface area contributed by atoms with Gasteiger partial charge in [0.1, 0.15) is 11.4 Å². The van der Waals surface area contributed by atoms with Gasteiger partial charge >= 0.3 is 12.1 Å². The van der Waals surface area contributed by atoms with Crippen LogP contribution in [-0.4, -0.2) is 40.9 Å². The second kappa shape index (κ2) is 7.57. The molecule has 0 aromatic heterocycles. The molecule has 1 amide bonds. The molecular formula is C15H20N2O6. The molecule has 0 spiro atoms. The minimum Gasteiger partial charge on any atom is -0.508 e. The van der Waals surface area contributed by atoms with Crippen LogP contribution in [0.3, 0.4) is 0 Å². The van der Waals surface area contributed by atoms with E-state index in [2.05, 4.69) is 10.0 Å². The normalized spacial score (nSPS) is 12.2. The van der Waals surface area contributed by atoms with Gasteiger partial charge < -0.3 is 14.6 Å². The summed E-state index contributed by atoms with van der Waals surface area (Å²) in [5, 5.41) is 12.3. The van der Waals surface area contributed by atoms with Crippen LogP contribution in [0.1, 0.15) is 26.3 Å². The number of carbonyl (C=O) groups is 2. The van der Waals surface area contributed by atoms with Crippen molar-refractivity contribution in [2.75, 3.05) is 7.11 Å². The molecule has 1 aromatic carbocycles. The summed E-state index contributed by atoms with van der Waals surface area (Å²) in [6.07, 6.45) is -1.06. The average molecular weight is 324 g/mol. The predicted octanol–water partition coefficient (Wildman–Crippen LogP) is 2.39. The van der Waals surface area contributed by atoms with Crippen LogP contribution in [0.15, 0.2) is 29.6 Å². The summed E-state index contributed by atoms with van der Waals surface area (Å²) in [6, 6.07) is 4.70. The van der Waals surface area contributed by atoms with Crippen LogP contribution in [0.4, 0.5) is 4.79 Å². The average Bonchev–Trinajstić information content (AvgIpc) is 2.46. The van der Waals surface area contributed by atoms with E-state index in [9.17, 15) is 19.6 Å². The maximum absolute atomic E-state index is 12.1. The molecule has 0 fully saturated rings. The third-order valence-electron chi connectivity index (χ3n) is 2.80. The van der Waals surface area contributed by atoms with Gasteiger partial charge in [0.25, 0.3) is 0 Å². The summed E-state index contributed by atoms with van der Waals surface area (Å²) in [7, 11) is 1.14. The zero-order valence-corrected chi connectivity index (χ0v) is 13.5. The molecule has 0 heterocycles. The number of amides is 1. The first-order chi connectivity index (χ1) is 10.7. The summed E-state index contributed by atoms with van der Waals surface area (Å²) in [4.78, 5) is 35.1. The molecule has 8 heteroatoms. The second-order valence-corrected chi connectivity index (χ2v) is 5.82. The number of phenolic OH excluding ortho intramolecular Hbond substituents is 1. The highest BCUT2D eigenvalue weighted by Gasteiger charge is 2.35. The Kier molecular flexibility index (Phi) is 6.06. The van der Waals surface area contributed by atoms with Gasteiger partial charge in [-0.15, -0.1) is 9.92 Å². The molecule has 0 saturated heterocycles. The monoisotopic (exact) mass is 324 g/mol. The maximum Gasteiger partial charge on any atom is 0.434 e. The number of hydrogen-bond acceptors (Lipinski definition) is 7. The first kappa shape index (κ1) is 18.4. The number of phenols is 1. The van der Waals surface area contributed by atoms with Gasteiger partial charge in [-0.05, 0) is 38.5 Å². The Hall–Kier alpha value is -2.64. The van der Waals surface area contributed by atoms with Crippen LogP contribution >= 0.6 is 0 Å². The molecule has 0 saturated carbocycles. The van der Waals surface area contributed by atoms with Crippen molar-refractivity contribution in [3.8, 4) is 5.75 Å². The van der Waals surface area contributed by atoms with Gasteiger partial charge in [0.15, 0.2) is 6.04 Å². The Bertz CT molecular complexity index is 564. The molecule has 0 aliphatic heterocycles. The lowest BCUT2D eigenvalue weighted by atomic mass is 10.1. The highest BCUT2D eigenvalue weighted by Crippen LogP contribution is 2.18. The molecule has 0 bridgehead atoms. The largest absolute Gasteiger partial charge is 0.508 e. The summed E-state index contributed by atoms with van der Waals surface area (Å²) in [5.41, 5.74) is -0.241. The Morgan fingerprint density at radius 1 is 1.26 bits per heavy atom. The van der Waals surface area contributed by atoms with Gasteiger partial charge in [0, 0.05) is 6.42 Å². The van der Waals surface area contributed by atoms with E-state index in [1.54, 1.807) is 32.9 Å². The van der Waals surface area contributed by atoms with Crippen LogP contribution in [0, 0.1) is 4.91 Å². The van der Waals surface area contributed by atoms with Crippen LogP contribution < -0.4 is 0 Å². The minimum absolute atomic E-state index is 0.0159. The van der Waals surface area contributed by atoms with E-state index in [0.29, 0.717) is 10.6 Å². The van der Waals surface area contributed by atoms with Crippen LogP contribution in [0.5, 0.6) is 5.75 Å². The molecule has 1 aromatic rings. The van der Waals surface area contributed by atoms with Crippen molar-refractivity contribution >= 4 is 12.1 Å². The molecule has 23 heavy (non-hydrogen) atoms. The number of benzene rings is 1. The van der Waals surface area contributed by atoms with Gasteiger partial charge in [0.05, 0.1) is 12.4 Å². The van der Waals surface area contributed by atoms with E-state index in [-0.39, 0.29) is 12.2 Å². The third-order valence-corrected chi connectivity index (χ3v) is 2.80. The Balaban J connectivity index is 3.02. The number of carbonyl (C=O) groups excluding carboxylic acids is 2.